The topological polar surface area (TPSA) is 0 Å². The first-order valence-corrected chi connectivity index (χ1v) is 7.55. The zero-order chi connectivity index (χ0) is 14.9. The average Bonchev–Trinajstić information content (AvgIpc) is 2.73. The summed E-state index contributed by atoms with van der Waals surface area (Å²) >= 11 is 0. The number of allylic oxidation sites excluding steroid dienone is 10. The van der Waals surface area contributed by atoms with E-state index in [1.54, 1.807) is 0 Å². The van der Waals surface area contributed by atoms with Crippen molar-refractivity contribution in [2.24, 2.45) is 5.41 Å². The van der Waals surface area contributed by atoms with Gasteiger partial charge >= 0.3 is 0 Å². The van der Waals surface area contributed by atoms with Crippen LogP contribution in [0.5, 0.6) is 0 Å². The summed E-state index contributed by atoms with van der Waals surface area (Å²) in [5.41, 5.74) is 3.96. The molecule has 0 saturated carbocycles. The van der Waals surface area contributed by atoms with E-state index in [1.165, 1.54) is 16.7 Å². The summed E-state index contributed by atoms with van der Waals surface area (Å²) in [6.07, 6.45) is 18.1. The number of hydrogen-bond acceptors (Lipinski definition) is 0. The minimum Gasteiger partial charge on any atom is -0.0745 e. The van der Waals surface area contributed by atoms with Gasteiger partial charge in [0.05, 0.1) is 0 Å². The number of benzene rings is 1. The Morgan fingerprint density at radius 3 is 1.62 bits per heavy atom. The molecule has 1 aromatic rings. The molecule has 0 amide bonds. The van der Waals surface area contributed by atoms with Crippen LogP contribution in [0.2, 0.25) is 0 Å². The molecule has 106 valence electrons. The Bertz CT molecular complexity index is 640. The lowest BCUT2D eigenvalue weighted by Crippen LogP contribution is -2.14. The summed E-state index contributed by atoms with van der Waals surface area (Å²) in [6.45, 7) is 6.72. The van der Waals surface area contributed by atoms with E-state index in [1.807, 2.05) is 0 Å². The lowest BCUT2D eigenvalue weighted by atomic mass is 9.82. The zero-order valence-electron chi connectivity index (χ0n) is 13.0. The Labute approximate surface area is 127 Å². The first-order valence-electron chi connectivity index (χ1n) is 7.55. The molecule has 0 bridgehead atoms. The summed E-state index contributed by atoms with van der Waals surface area (Å²) in [5, 5.41) is 0. The molecule has 0 heterocycles. The van der Waals surface area contributed by atoms with E-state index in [0.717, 1.165) is 0 Å². The highest BCUT2D eigenvalue weighted by Crippen LogP contribution is 2.33. The first-order chi connectivity index (χ1) is 9.99. The second-order valence-electron chi connectivity index (χ2n) is 6.71. The predicted octanol–water partition coefficient (Wildman–Crippen LogP) is 5.52. The third kappa shape index (κ3) is 2.85. The molecule has 1 aromatic carbocycles. The summed E-state index contributed by atoms with van der Waals surface area (Å²) in [4.78, 5) is 0. The van der Waals surface area contributed by atoms with Gasteiger partial charge in [0.2, 0.25) is 0 Å². The molecule has 21 heavy (non-hydrogen) atoms. The maximum Gasteiger partial charge on any atom is 0.0290 e. The van der Waals surface area contributed by atoms with Crippen LogP contribution in [0.3, 0.4) is 0 Å². The Hall–Kier alpha value is -2.08. The third-order valence-corrected chi connectivity index (χ3v) is 4.33. The van der Waals surface area contributed by atoms with Crippen LogP contribution in [0.4, 0.5) is 0 Å². The minimum atomic E-state index is -0.0509. The minimum absolute atomic E-state index is 0.0509. The molecular formula is C21H22. The first kappa shape index (κ1) is 13.9. The molecule has 0 heteroatoms. The van der Waals surface area contributed by atoms with Crippen LogP contribution in [0.25, 0.3) is 0 Å². The maximum absolute atomic E-state index is 2.30. The van der Waals surface area contributed by atoms with Crippen molar-refractivity contribution in [2.45, 2.75) is 26.2 Å². The van der Waals surface area contributed by atoms with Crippen molar-refractivity contribution in [3.63, 3.8) is 0 Å². The van der Waals surface area contributed by atoms with Crippen LogP contribution in [0.15, 0.2) is 90.1 Å². The molecule has 0 atom stereocenters. The highest BCUT2D eigenvalue weighted by Gasteiger charge is 2.22. The van der Waals surface area contributed by atoms with Gasteiger partial charge in [-0.15, -0.1) is 0 Å². The quantitative estimate of drug-likeness (QED) is 0.632. The van der Waals surface area contributed by atoms with Crippen molar-refractivity contribution in [3.8, 4) is 0 Å². The van der Waals surface area contributed by atoms with E-state index in [-0.39, 0.29) is 10.8 Å². The fourth-order valence-corrected chi connectivity index (χ4v) is 2.73. The third-order valence-electron chi connectivity index (χ3n) is 4.33. The van der Waals surface area contributed by atoms with Crippen LogP contribution in [0, 0.1) is 5.41 Å². The Morgan fingerprint density at radius 2 is 1.10 bits per heavy atom. The molecule has 0 spiro atoms. The van der Waals surface area contributed by atoms with Crippen molar-refractivity contribution in [2.75, 3.05) is 0 Å². The average molecular weight is 274 g/mol. The summed E-state index contributed by atoms with van der Waals surface area (Å²) in [7, 11) is 0. The fourth-order valence-electron chi connectivity index (χ4n) is 2.73. The van der Waals surface area contributed by atoms with E-state index in [4.69, 9.17) is 0 Å². The summed E-state index contributed by atoms with van der Waals surface area (Å²) < 4.78 is 0. The monoisotopic (exact) mass is 274 g/mol. The molecule has 0 N–H and O–H groups in total. The van der Waals surface area contributed by atoms with Crippen LogP contribution in [-0.4, -0.2) is 0 Å². The lowest BCUT2D eigenvalue weighted by Gasteiger charge is -2.22. The van der Waals surface area contributed by atoms with E-state index >= 15 is 0 Å². The fraction of sp³-hybridized carbons (Fsp3) is 0.238. The van der Waals surface area contributed by atoms with Gasteiger partial charge in [-0.2, -0.15) is 0 Å². The van der Waals surface area contributed by atoms with E-state index in [2.05, 4.69) is 99.7 Å². The highest BCUT2D eigenvalue weighted by molar-refractivity contribution is 5.54. The smallest absolute Gasteiger partial charge is 0.0290 e. The summed E-state index contributed by atoms with van der Waals surface area (Å²) in [6, 6.07) is 10.7. The Kier molecular flexibility index (Phi) is 3.33. The molecule has 0 saturated heterocycles. The lowest BCUT2D eigenvalue weighted by molar-refractivity contribution is 0.627. The van der Waals surface area contributed by atoms with Crippen molar-refractivity contribution in [3.05, 3.63) is 95.6 Å². The summed E-state index contributed by atoms with van der Waals surface area (Å²) in [5.74, 6) is 0. The molecule has 0 nitrogen and oxygen atoms in total. The van der Waals surface area contributed by atoms with Crippen LogP contribution >= 0.6 is 0 Å². The molecule has 3 rings (SSSR count). The van der Waals surface area contributed by atoms with Crippen molar-refractivity contribution >= 4 is 0 Å². The normalized spacial score (nSPS) is 21.9. The highest BCUT2D eigenvalue weighted by atomic mass is 14.3. The SMILES string of the molecule is CC1(C)C=CC2=C(C=C1)C=CC(C)(c1ccccc1)C=C2. The Balaban J connectivity index is 2.00. The van der Waals surface area contributed by atoms with Crippen molar-refractivity contribution < 1.29 is 0 Å². The van der Waals surface area contributed by atoms with Gasteiger partial charge in [0, 0.05) is 10.8 Å². The van der Waals surface area contributed by atoms with Gasteiger partial charge in [0.1, 0.15) is 0 Å². The molecule has 0 unspecified atom stereocenters. The van der Waals surface area contributed by atoms with E-state index < -0.39 is 0 Å². The van der Waals surface area contributed by atoms with Crippen LogP contribution < -0.4 is 0 Å². The van der Waals surface area contributed by atoms with E-state index in [9.17, 15) is 0 Å². The number of hydrogen-bond donors (Lipinski definition) is 0. The largest absolute Gasteiger partial charge is 0.0745 e. The van der Waals surface area contributed by atoms with E-state index in [0.29, 0.717) is 0 Å². The molecule has 2 aliphatic rings. The predicted molar refractivity (Wildman–Crippen MR) is 91.2 cm³/mol. The van der Waals surface area contributed by atoms with Crippen LogP contribution in [-0.2, 0) is 5.41 Å². The molecular weight excluding hydrogens is 252 g/mol. The molecule has 0 aromatic heterocycles. The van der Waals surface area contributed by atoms with Gasteiger partial charge in [-0.25, -0.2) is 0 Å². The second kappa shape index (κ2) is 5.04. The standard InChI is InChI=1S/C21H22/c1-20(2)13-9-17-11-15-21(3,16-12-18(17)10-14-20)19-7-5-4-6-8-19/h4-16H,1-3H3. The molecule has 0 radical (unpaired) electrons. The van der Waals surface area contributed by atoms with Gasteiger partial charge in [-0.05, 0) is 23.6 Å². The van der Waals surface area contributed by atoms with Crippen LogP contribution in [0.1, 0.15) is 26.3 Å². The van der Waals surface area contributed by atoms with Crippen molar-refractivity contribution in [1.82, 2.24) is 0 Å². The molecule has 0 aliphatic heterocycles. The molecule has 0 fully saturated rings. The second-order valence-corrected chi connectivity index (χ2v) is 6.71. The van der Waals surface area contributed by atoms with Gasteiger partial charge in [-0.3, -0.25) is 0 Å². The van der Waals surface area contributed by atoms with Gasteiger partial charge in [-0.1, -0.05) is 92.8 Å². The van der Waals surface area contributed by atoms with Gasteiger partial charge in [0.15, 0.2) is 0 Å². The zero-order valence-corrected chi connectivity index (χ0v) is 13.0. The van der Waals surface area contributed by atoms with Gasteiger partial charge < -0.3 is 0 Å². The Morgan fingerprint density at radius 1 is 0.619 bits per heavy atom. The van der Waals surface area contributed by atoms with Crippen molar-refractivity contribution in [1.29, 1.82) is 0 Å². The van der Waals surface area contributed by atoms with Gasteiger partial charge in [0.25, 0.3) is 0 Å². The maximum atomic E-state index is 2.30. The number of rotatable bonds is 1. The molecule has 2 aliphatic carbocycles.